The van der Waals surface area contributed by atoms with Gasteiger partial charge in [0, 0.05) is 11.0 Å². The van der Waals surface area contributed by atoms with Gasteiger partial charge in [-0.1, -0.05) is 15.9 Å². The molecule has 0 saturated carbocycles. The Kier molecular flexibility index (Phi) is 6.50. The van der Waals surface area contributed by atoms with E-state index in [4.69, 9.17) is 5.73 Å². The molecule has 2 N–H and O–H groups in total. The Morgan fingerprint density at radius 1 is 1.11 bits per heavy atom. The molecule has 0 aliphatic heterocycles. The molecule has 0 aliphatic carbocycles. The molecule has 1 aromatic rings. The molecule has 9 heteroatoms. The molecule has 0 aromatic heterocycles. The summed E-state index contributed by atoms with van der Waals surface area (Å²) >= 11 is 3.07. The topological polar surface area (TPSA) is 35.2 Å². The van der Waals surface area contributed by atoms with Gasteiger partial charge in [-0.2, -0.15) is 22.0 Å². The molecule has 0 spiro atoms. The maximum atomic E-state index is 12.6. The fraction of sp³-hybridized carbons (Fsp3) is 0.400. The van der Waals surface area contributed by atoms with Crippen molar-refractivity contribution in [1.82, 2.24) is 0 Å². The zero-order chi connectivity index (χ0) is 14.0. The summed E-state index contributed by atoms with van der Waals surface area (Å²) in [6.45, 7) is -1.65. The SMILES string of the molecule is Cl.NCc1cc(Br)cc(OCC(F)(F)C(F)(F)F)c1. The Morgan fingerprint density at radius 2 is 1.68 bits per heavy atom. The lowest BCUT2D eigenvalue weighted by Gasteiger charge is -2.20. The Balaban J connectivity index is 0.00000324. The van der Waals surface area contributed by atoms with Crippen LogP contribution in [0.3, 0.4) is 0 Å². The average Bonchev–Trinajstić information content (AvgIpc) is 2.24. The zero-order valence-corrected chi connectivity index (χ0v) is 11.7. The van der Waals surface area contributed by atoms with Gasteiger partial charge in [-0.3, -0.25) is 0 Å². The molecule has 1 rings (SSSR count). The van der Waals surface area contributed by atoms with Gasteiger partial charge in [-0.05, 0) is 23.8 Å². The molecule has 0 unspecified atom stereocenters. The summed E-state index contributed by atoms with van der Waals surface area (Å²) in [5.74, 6) is -4.99. The summed E-state index contributed by atoms with van der Waals surface area (Å²) in [6, 6.07) is 4.19. The van der Waals surface area contributed by atoms with Gasteiger partial charge in [0.2, 0.25) is 0 Å². The summed E-state index contributed by atoms with van der Waals surface area (Å²) in [6.07, 6.45) is -5.63. The van der Waals surface area contributed by atoms with Crippen LogP contribution < -0.4 is 10.5 Å². The molecule has 1 aromatic carbocycles. The highest BCUT2D eigenvalue weighted by atomic mass is 79.9. The van der Waals surface area contributed by atoms with Gasteiger partial charge in [0.05, 0.1) is 0 Å². The first-order valence-electron chi connectivity index (χ1n) is 4.72. The molecule has 0 atom stereocenters. The summed E-state index contributed by atoms with van der Waals surface area (Å²) in [4.78, 5) is 0. The fourth-order valence-electron chi connectivity index (χ4n) is 1.08. The van der Waals surface area contributed by atoms with Crippen molar-refractivity contribution < 1.29 is 26.7 Å². The van der Waals surface area contributed by atoms with Gasteiger partial charge >= 0.3 is 12.1 Å². The third kappa shape index (κ3) is 5.12. The largest absolute Gasteiger partial charge is 0.487 e. The third-order valence-corrected chi connectivity index (χ3v) is 2.46. The van der Waals surface area contributed by atoms with Crippen LogP contribution in [0.15, 0.2) is 22.7 Å². The first-order chi connectivity index (χ1) is 8.15. The molecular formula is C10H10BrClF5NO. The summed E-state index contributed by atoms with van der Waals surface area (Å²) in [7, 11) is 0. The molecule has 2 nitrogen and oxygen atoms in total. The van der Waals surface area contributed by atoms with E-state index in [0.717, 1.165) is 0 Å². The third-order valence-electron chi connectivity index (χ3n) is 2.00. The van der Waals surface area contributed by atoms with Crippen molar-refractivity contribution >= 4 is 28.3 Å². The van der Waals surface area contributed by atoms with Crippen LogP contribution >= 0.6 is 28.3 Å². The molecule has 0 saturated heterocycles. The minimum absolute atomic E-state index is 0. The second-order valence-electron chi connectivity index (χ2n) is 3.49. The Morgan fingerprint density at radius 3 is 2.16 bits per heavy atom. The normalized spacial score (nSPS) is 11.9. The summed E-state index contributed by atoms with van der Waals surface area (Å²) in [5.41, 5.74) is 5.88. The van der Waals surface area contributed by atoms with Gasteiger partial charge in [0.1, 0.15) is 5.75 Å². The molecule has 0 fully saturated rings. The first kappa shape index (κ1) is 18.4. The minimum Gasteiger partial charge on any atom is -0.487 e. The molecule has 0 aliphatic rings. The van der Waals surface area contributed by atoms with Gasteiger partial charge in [0.25, 0.3) is 0 Å². The van der Waals surface area contributed by atoms with Crippen molar-refractivity contribution in [3.8, 4) is 5.75 Å². The van der Waals surface area contributed by atoms with Crippen molar-refractivity contribution in [3.05, 3.63) is 28.2 Å². The lowest BCUT2D eigenvalue weighted by atomic mass is 10.2. The smallest absolute Gasteiger partial charge is 0.456 e. The average molecular weight is 371 g/mol. The standard InChI is InChI=1S/C10H9BrF5NO.ClH/c11-7-1-6(4-17)2-8(3-7)18-5-9(12,13)10(14,15)16;/h1-3H,4-5,17H2;1H. The second kappa shape index (κ2) is 6.71. The second-order valence-corrected chi connectivity index (χ2v) is 4.41. The summed E-state index contributed by atoms with van der Waals surface area (Å²) in [5, 5.41) is 0. The molecular weight excluding hydrogens is 360 g/mol. The van der Waals surface area contributed by atoms with Crippen LogP contribution in [0.5, 0.6) is 5.75 Å². The van der Waals surface area contributed by atoms with Crippen LogP contribution in [0.2, 0.25) is 0 Å². The van der Waals surface area contributed by atoms with Crippen molar-refractivity contribution in [2.75, 3.05) is 6.61 Å². The zero-order valence-electron chi connectivity index (χ0n) is 9.31. The van der Waals surface area contributed by atoms with Gasteiger partial charge in [-0.25, -0.2) is 0 Å². The van der Waals surface area contributed by atoms with Crippen molar-refractivity contribution in [2.45, 2.75) is 18.6 Å². The van der Waals surface area contributed by atoms with Gasteiger partial charge in [0.15, 0.2) is 6.61 Å². The predicted octanol–water partition coefficient (Wildman–Crippen LogP) is 3.91. The highest BCUT2D eigenvalue weighted by Crippen LogP contribution is 2.36. The van der Waals surface area contributed by atoms with Crippen LogP contribution in [0, 0.1) is 0 Å². The first-order valence-corrected chi connectivity index (χ1v) is 5.52. The molecule has 0 bridgehead atoms. The Labute approximate surface area is 120 Å². The van der Waals surface area contributed by atoms with Gasteiger partial charge in [-0.15, -0.1) is 12.4 Å². The monoisotopic (exact) mass is 369 g/mol. The van der Waals surface area contributed by atoms with E-state index in [9.17, 15) is 22.0 Å². The predicted molar refractivity (Wildman–Crippen MR) is 65.8 cm³/mol. The number of benzene rings is 1. The van der Waals surface area contributed by atoms with Crippen LogP contribution in [0.4, 0.5) is 22.0 Å². The lowest BCUT2D eigenvalue weighted by Crippen LogP contribution is -2.41. The van der Waals surface area contributed by atoms with E-state index < -0.39 is 18.7 Å². The molecule has 0 amide bonds. The number of halogens is 7. The maximum Gasteiger partial charge on any atom is 0.456 e. The molecule has 110 valence electrons. The molecule has 19 heavy (non-hydrogen) atoms. The van der Waals surface area contributed by atoms with Crippen LogP contribution in [-0.2, 0) is 6.54 Å². The van der Waals surface area contributed by atoms with E-state index in [1.807, 2.05) is 0 Å². The number of ether oxygens (including phenoxy) is 1. The maximum absolute atomic E-state index is 12.6. The number of rotatable bonds is 4. The van der Waals surface area contributed by atoms with Crippen molar-refractivity contribution in [3.63, 3.8) is 0 Å². The molecule has 0 heterocycles. The highest BCUT2D eigenvalue weighted by Gasteiger charge is 2.58. The van der Waals surface area contributed by atoms with Crippen LogP contribution in [-0.4, -0.2) is 18.7 Å². The van der Waals surface area contributed by atoms with E-state index in [2.05, 4.69) is 20.7 Å². The lowest BCUT2D eigenvalue weighted by molar-refractivity contribution is -0.290. The van der Waals surface area contributed by atoms with Gasteiger partial charge < -0.3 is 10.5 Å². The summed E-state index contributed by atoms with van der Waals surface area (Å²) < 4.78 is 65.9. The highest BCUT2D eigenvalue weighted by molar-refractivity contribution is 9.10. The fourth-order valence-corrected chi connectivity index (χ4v) is 1.60. The van der Waals surface area contributed by atoms with E-state index in [-0.39, 0.29) is 24.7 Å². The quantitative estimate of drug-likeness (QED) is 0.816. The number of nitrogens with two attached hydrogens (primary N) is 1. The van der Waals surface area contributed by atoms with E-state index in [1.165, 1.54) is 12.1 Å². The number of hydrogen-bond acceptors (Lipinski definition) is 2. The molecule has 0 radical (unpaired) electrons. The number of alkyl halides is 5. The Bertz CT molecular complexity index is 427. The van der Waals surface area contributed by atoms with Crippen LogP contribution in [0.25, 0.3) is 0 Å². The van der Waals surface area contributed by atoms with Crippen molar-refractivity contribution in [1.29, 1.82) is 0 Å². The van der Waals surface area contributed by atoms with E-state index in [1.54, 1.807) is 6.07 Å². The minimum atomic E-state index is -5.63. The Hall–Kier alpha value is -0.600. The van der Waals surface area contributed by atoms with E-state index in [0.29, 0.717) is 10.0 Å². The van der Waals surface area contributed by atoms with Crippen LogP contribution in [0.1, 0.15) is 5.56 Å². The van der Waals surface area contributed by atoms with Crippen molar-refractivity contribution in [2.24, 2.45) is 5.73 Å². The number of hydrogen-bond donors (Lipinski definition) is 1. The van der Waals surface area contributed by atoms with E-state index >= 15 is 0 Å².